The number of sulfonamides is 1. The minimum Gasteiger partial charge on any atom is -0.452 e. The first-order valence-corrected chi connectivity index (χ1v) is 11.5. The highest BCUT2D eigenvalue weighted by atomic mass is 32.2. The summed E-state index contributed by atoms with van der Waals surface area (Å²) in [6.45, 7) is 1.72. The highest BCUT2D eigenvalue weighted by Gasteiger charge is 2.24. The number of carbonyl (C=O) groups excluding carboxylic acids is 1. The van der Waals surface area contributed by atoms with E-state index in [9.17, 15) is 13.2 Å². The van der Waals surface area contributed by atoms with E-state index in [0.29, 0.717) is 17.1 Å². The molecule has 2 heterocycles. The lowest BCUT2D eigenvalue weighted by molar-refractivity contribution is 0.0429. The smallest absolute Gasteiger partial charge is 0.338 e. The van der Waals surface area contributed by atoms with Crippen molar-refractivity contribution in [1.29, 1.82) is 0 Å². The van der Waals surface area contributed by atoms with Crippen molar-refractivity contribution in [3.63, 3.8) is 0 Å². The van der Waals surface area contributed by atoms with E-state index in [1.165, 1.54) is 28.6 Å². The Hall–Kier alpha value is -4.05. The number of pyridine rings is 1. The summed E-state index contributed by atoms with van der Waals surface area (Å²) in [4.78, 5) is 20.7. The van der Waals surface area contributed by atoms with Crippen LogP contribution in [-0.4, -0.2) is 36.1 Å². The van der Waals surface area contributed by atoms with Gasteiger partial charge in [-0.3, -0.25) is 9.29 Å². The van der Waals surface area contributed by atoms with Gasteiger partial charge >= 0.3 is 5.97 Å². The Morgan fingerprint density at radius 2 is 1.88 bits per heavy atom. The summed E-state index contributed by atoms with van der Waals surface area (Å²) in [5.41, 5.74) is 1.29. The SMILES string of the molecule is CCN(c1ccccc1)S(=O)(=O)c1cccc(C(=O)OCc2nc(-c3cccnc3)no2)c1. The van der Waals surface area contributed by atoms with Gasteiger partial charge < -0.3 is 9.26 Å². The number of rotatable bonds is 8. The fourth-order valence-electron chi connectivity index (χ4n) is 3.13. The maximum absolute atomic E-state index is 13.2. The summed E-state index contributed by atoms with van der Waals surface area (Å²) < 4.78 is 38.0. The van der Waals surface area contributed by atoms with E-state index in [-0.39, 0.29) is 29.5 Å². The van der Waals surface area contributed by atoms with Gasteiger partial charge in [0.15, 0.2) is 6.61 Å². The molecule has 0 aliphatic carbocycles. The minimum absolute atomic E-state index is 0.0145. The van der Waals surface area contributed by atoms with Gasteiger partial charge in [0.2, 0.25) is 5.82 Å². The quantitative estimate of drug-likeness (QED) is 0.363. The van der Waals surface area contributed by atoms with Crippen LogP contribution in [0.3, 0.4) is 0 Å². The molecule has 0 N–H and O–H groups in total. The summed E-state index contributed by atoms with van der Waals surface area (Å²) in [7, 11) is -3.88. The Balaban J connectivity index is 1.48. The van der Waals surface area contributed by atoms with Gasteiger partial charge in [-0.25, -0.2) is 13.2 Å². The number of benzene rings is 2. The van der Waals surface area contributed by atoms with E-state index in [4.69, 9.17) is 9.26 Å². The molecule has 33 heavy (non-hydrogen) atoms. The maximum atomic E-state index is 13.2. The van der Waals surface area contributed by atoms with Crippen molar-refractivity contribution < 1.29 is 22.5 Å². The number of anilines is 1. The maximum Gasteiger partial charge on any atom is 0.338 e. The van der Waals surface area contributed by atoms with E-state index >= 15 is 0 Å². The van der Waals surface area contributed by atoms with Gasteiger partial charge in [-0.15, -0.1) is 0 Å². The number of para-hydroxylation sites is 1. The molecule has 0 fully saturated rings. The molecule has 0 aliphatic heterocycles. The van der Waals surface area contributed by atoms with Crippen LogP contribution in [-0.2, 0) is 21.4 Å². The van der Waals surface area contributed by atoms with Crippen LogP contribution in [0.4, 0.5) is 5.69 Å². The first kappa shape index (κ1) is 22.2. The number of esters is 1. The average Bonchev–Trinajstić information content (AvgIpc) is 3.33. The van der Waals surface area contributed by atoms with Crippen LogP contribution in [0.1, 0.15) is 23.2 Å². The van der Waals surface area contributed by atoms with Crippen LogP contribution in [0.2, 0.25) is 0 Å². The van der Waals surface area contributed by atoms with Crippen LogP contribution in [0.5, 0.6) is 0 Å². The second-order valence-electron chi connectivity index (χ2n) is 6.86. The standard InChI is InChI=1S/C23H20N4O5S/c1-2-27(19-10-4-3-5-11-19)33(29,30)20-12-6-8-17(14-20)23(28)31-16-21-25-22(26-32-21)18-9-7-13-24-15-18/h3-15H,2,16H2,1H3. The molecule has 9 nitrogen and oxygen atoms in total. The lowest BCUT2D eigenvalue weighted by atomic mass is 10.2. The van der Waals surface area contributed by atoms with Gasteiger partial charge in [-0.2, -0.15) is 4.98 Å². The second-order valence-corrected chi connectivity index (χ2v) is 8.73. The molecule has 10 heteroatoms. The molecule has 0 atom stereocenters. The Bertz CT molecular complexity index is 1340. The lowest BCUT2D eigenvalue weighted by Gasteiger charge is -2.23. The Morgan fingerprint density at radius 1 is 1.06 bits per heavy atom. The van der Waals surface area contributed by atoms with Crippen molar-refractivity contribution in [2.45, 2.75) is 18.4 Å². The van der Waals surface area contributed by atoms with Crippen LogP contribution in [0.25, 0.3) is 11.4 Å². The van der Waals surface area contributed by atoms with Crippen molar-refractivity contribution >= 4 is 21.7 Å². The lowest BCUT2D eigenvalue weighted by Crippen LogP contribution is -2.30. The van der Waals surface area contributed by atoms with E-state index in [1.807, 2.05) is 6.07 Å². The Morgan fingerprint density at radius 3 is 2.61 bits per heavy atom. The van der Waals surface area contributed by atoms with Gasteiger partial charge in [0.05, 0.1) is 16.1 Å². The molecule has 0 saturated heterocycles. The predicted octanol–water partition coefficient (Wildman–Crippen LogP) is 3.70. The minimum atomic E-state index is -3.88. The summed E-state index contributed by atoms with van der Waals surface area (Å²) in [6.07, 6.45) is 3.21. The molecule has 0 bridgehead atoms. The predicted molar refractivity (Wildman–Crippen MR) is 120 cm³/mol. The van der Waals surface area contributed by atoms with E-state index in [0.717, 1.165) is 0 Å². The van der Waals surface area contributed by atoms with Gasteiger partial charge in [0.1, 0.15) is 0 Å². The zero-order valence-corrected chi connectivity index (χ0v) is 18.5. The monoisotopic (exact) mass is 464 g/mol. The van der Waals surface area contributed by atoms with Crippen molar-refractivity contribution in [2.24, 2.45) is 0 Å². The van der Waals surface area contributed by atoms with Gasteiger partial charge in [0.25, 0.3) is 15.9 Å². The van der Waals surface area contributed by atoms with Crippen molar-refractivity contribution in [1.82, 2.24) is 15.1 Å². The highest BCUT2D eigenvalue weighted by molar-refractivity contribution is 7.92. The molecule has 0 saturated carbocycles. The molecule has 2 aromatic carbocycles. The number of hydrogen-bond acceptors (Lipinski definition) is 8. The molecule has 0 amide bonds. The van der Waals surface area contributed by atoms with Crippen LogP contribution < -0.4 is 4.31 Å². The summed E-state index contributed by atoms with van der Waals surface area (Å²) in [5.74, 6) is -0.286. The fraction of sp³-hybridized carbons (Fsp3) is 0.130. The molecule has 0 radical (unpaired) electrons. The van der Waals surface area contributed by atoms with Crippen LogP contribution >= 0.6 is 0 Å². The van der Waals surface area contributed by atoms with Gasteiger partial charge in [0, 0.05) is 24.5 Å². The molecule has 168 valence electrons. The Kier molecular flexibility index (Phi) is 6.45. The molecule has 4 rings (SSSR count). The van der Waals surface area contributed by atoms with E-state index in [2.05, 4.69) is 15.1 Å². The topological polar surface area (TPSA) is 115 Å². The molecule has 0 spiro atoms. The van der Waals surface area contributed by atoms with E-state index in [1.54, 1.807) is 55.7 Å². The number of carbonyl (C=O) groups is 1. The number of ether oxygens (including phenoxy) is 1. The number of hydrogen-bond donors (Lipinski definition) is 0. The van der Waals surface area contributed by atoms with Crippen molar-refractivity contribution in [3.8, 4) is 11.4 Å². The summed E-state index contributed by atoms with van der Waals surface area (Å²) >= 11 is 0. The largest absolute Gasteiger partial charge is 0.452 e. The molecule has 0 unspecified atom stereocenters. The molecular weight excluding hydrogens is 444 g/mol. The fourth-order valence-corrected chi connectivity index (χ4v) is 4.65. The third-order valence-corrected chi connectivity index (χ3v) is 6.60. The molecular formula is C23H20N4O5S. The van der Waals surface area contributed by atoms with E-state index < -0.39 is 16.0 Å². The highest BCUT2D eigenvalue weighted by Crippen LogP contribution is 2.24. The second kappa shape index (κ2) is 9.61. The van der Waals surface area contributed by atoms with Gasteiger partial charge in [-0.05, 0) is 49.4 Å². The molecule has 4 aromatic rings. The van der Waals surface area contributed by atoms with Crippen molar-refractivity contribution in [3.05, 3.63) is 90.6 Å². The molecule has 2 aromatic heterocycles. The van der Waals surface area contributed by atoms with Gasteiger partial charge in [-0.1, -0.05) is 29.4 Å². The Labute approximate surface area is 190 Å². The number of nitrogens with zero attached hydrogens (tertiary/aromatic N) is 4. The summed E-state index contributed by atoms with van der Waals surface area (Å²) in [6, 6.07) is 18.0. The van der Waals surface area contributed by atoms with Crippen molar-refractivity contribution in [2.75, 3.05) is 10.8 Å². The molecule has 0 aliphatic rings. The summed E-state index contributed by atoms with van der Waals surface area (Å²) in [5, 5.41) is 3.84. The zero-order chi connectivity index (χ0) is 23.3. The van der Waals surface area contributed by atoms with Crippen LogP contribution in [0, 0.1) is 0 Å². The first-order valence-electron chi connectivity index (χ1n) is 10.1. The van der Waals surface area contributed by atoms with Crippen LogP contribution in [0.15, 0.2) is 88.5 Å². The third-order valence-electron chi connectivity index (χ3n) is 4.70. The third kappa shape index (κ3) is 4.90. The average molecular weight is 465 g/mol. The first-order chi connectivity index (χ1) is 16.0. The zero-order valence-electron chi connectivity index (χ0n) is 17.7. The number of aromatic nitrogens is 3. The normalized spacial score (nSPS) is 11.2.